The molecule has 0 aliphatic heterocycles. The molecule has 0 N–H and O–H groups in total. The van der Waals surface area contributed by atoms with Crippen LogP contribution in [0.3, 0.4) is 0 Å². The number of rotatable bonds is 3. The maximum absolute atomic E-state index is 5.88. The highest BCUT2D eigenvalue weighted by atomic mass is 35.5. The number of benzene rings is 1. The van der Waals surface area contributed by atoms with Crippen LogP contribution >= 0.6 is 11.6 Å². The Kier molecular flexibility index (Phi) is 3.42. The van der Waals surface area contributed by atoms with Gasteiger partial charge in [0.25, 0.3) is 0 Å². The molecule has 16 heavy (non-hydrogen) atoms. The molecule has 0 radical (unpaired) electrons. The Labute approximate surface area is 99.9 Å². The van der Waals surface area contributed by atoms with Gasteiger partial charge in [0.1, 0.15) is 5.75 Å². The van der Waals surface area contributed by atoms with Crippen molar-refractivity contribution in [3.8, 4) is 5.75 Å². The molecular weight excluding hydrogens is 222 g/mol. The Bertz CT molecular complexity index is 485. The molecule has 0 saturated heterocycles. The third-order valence-corrected chi connectivity index (χ3v) is 2.51. The molecule has 0 amide bonds. The first-order valence-corrected chi connectivity index (χ1v) is 5.38. The van der Waals surface area contributed by atoms with E-state index in [2.05, 4.69) is 11.1 Å². The monoisotopic (exact) mass is 233 g/mol. The van der Waals surface area contributed by atoms with E-state index in [0.717, 1.165) is 17.7 Å². The first-order valence-electron chi connectivity index (χ1n) is 5.00. The van der Waals surface area contributed by atoms with Crippen molar-refractivity contribution in [1.29, 1.82) is 0 Å². The summed E-state index contributed by atoms with van der Waals surface area (Å²) >= 11 is 5.88. The van der Waals surface area contributed by atoms with Crippen molar-refractivity contribution >= 4 is 11.6 Å². The van der Waals surface area contributed by atoms with Crippen molar-refractivity contribution in [2.24, 2.45) is 0 Å². The zero-order chi connectivity index (χ0) is 11.4. The van der Waals surface area contributed by atoms with Crippen LogP contribution in [0.2, 0.25) is 5.02 Å². The molecule has 2 rings (SSSR count). The Hall–Kier alpha value is -1.54. The topological polar surface area (TPSA) is 22.1 Å². The van der Waals surface area contributed by atoms with Crippen LogP contribution in [-0.2, 0) is 6.42 Å². The van der Waals surface area contributed by atoms with Crippen LogP contribution in [0.15, 0.2) is 42.7 Å². The number of halogens is 1. The predicted molar refractivity (Wildman–Crippen MR) is 65.0 cm³/mol. The van der Waals surface area contributed by atoms with Gasteiger partial charge in [-0.15, -0.1) is 0 Å². The summed E-state index contributed by atoms with van der Waals surface area (Å²) in [6, 6.07) is 9.91. The van der Waals surface area contributed by atoms with Crippen molar-refractivity contribution in [3.63, 3.8) is 0 Å². The van der Waals surface area contributed by atoms with Crippen molar-refractivity contribution in [2.75, 3.05) is 7.11 Å². The van der Waals surface area contributed by atoms with Crippen molar-refractivity contribution in [3.05, 3.63) is 58.9 Å². The number of hydrogen-bond acceptors (Lipinski definition) is 2. The van der Waals surface area contributed by atoms with E-state index in [9.17, 15) is 0 Å². The van der Waals surface area contributed by atoms with Crippen molar-refractivity contribution in [1.82, 2.24) is 4.98 Å². The van der Waals surface area contributed by atoms with Crippen LogP contribution < -0.4 is 4.74 Å². The maximum atomic E-state index is 5.88. The lowest BCUT2D eigenvalue weighted by Gasteiger charge is -2.04. The predicted octanol–water partition coefficient (Wildman–Crippen LogP) is 3.33. The summed E-state index contributed by atoms with van der Waals surface area (Å²) in [7, 11) is 1.67. The maximum Gasteiger partial charge on any atom is 0.119 e. The molecule has 2 nitrogen and oxygen atoms in total. The first-order chi connectivity index (χ1) is 7.78. The number of nitrogens with zero attached hydrogens (tertiary/aromatic N) is 1. The molecule has 0 saturated carbocycles. The summed E-state index contributed by atoms with van der Waals surface area (Å²) in [5.41, 5.74) is 2.28. The fraction of sp³-hybridized carbons (Fsp3) is 0.154. The summed E-state index contributed by atoms with van der Waals surface area (Å²) in [6.45, 7) is 0. The van der Waals surface area contributed by atoms with Gasteiger partial charge < -0.3 is 4.74 Å². The second kappa shape index (κ2) is 4.99. The molecule has 0 aliphatic carbocycles. The van der Waals surface area contributed by atoms with Gasteiger partial charge in [0.2, 0.25) is 0 Å². The lowest BCUT2D eigenvalue weighted by molar-refractivity contribution is 0.414. The Balaban J connectivity index is 2.20. The molecular formula is C13H12ClNO. The SMILES string of the molecule is COc1cccc(Cc2cncc(Cl)c2)c1. The van der Waals surface area contributed by atoms with Crippen molar-refractivity contribution < 1.29 is 4.74 Å². The molecule has 0 bridgehead atoms. The molecule has 0 aliphatic rings. The molecule has 0 fully saturated rings. The van der Waals surface area contributed by atoms with Gasteiger partial charge in [-0.2, -0.15) is 0 Å². The van der Waals surface area contributed by atoms with Gasteiger partial charge in [-0.25, -0.2) is 0 Å². The standard InChI is InChI=1S/C13H12ClNO/c1-16-13-4-2-3-10(7-13)5-11-6-12(14)9-15-8-11/h2-4,6-9H,5H2,1H3. The number of pyridine rings is 1. The molecule has 0 atom stereocenters. The highest BCUT2D eigenvalue weighted by molar-refractivity contribution is 6.30. The molecule has 1 heterocycles. The van der Waals surface area contributed by atoms with Gasteiger partial charge in [-0.1, -0.05) is 23.7 Å². The molecule has 0 spiro atoms. The number of aromatic nitrogens is 1. The van der Waals surface area contributed by atoms with Gasteiger partial charge in [-0.05, 0) is 35.7 Å². The smallest absolute Gasteiger partial charge is 0.119 e. The van der Waals surface area contributed by atoms with Crippen LogP contribution in [0, 0.1) is 0 Å². The molecule has 82 valence electrons. The Morgan fingerprint density at radius 2 is 2.06 bits per heavy atom. The minimum Gasteiger partial charge on any atom is -0.497 e. The number of methoxy groups -OCH3 is 1. The summed E-state index contributed by atoms with van der Waals surface area (Å²) in [5.74, 6) is 0.868. The molecule has 1 aromatic carbocycles. The average molecular weight is 234 g/mol. The van der Waals surface area contributed by atoms with E-state index < -0.39 is 0 Å². The number of hydrogen-bond donors (Lipinski definition) is 0. The Morgan fingerprint density at radius 1 is 1.19 bits per heavy atom. The van der Waals surface area contributed by atoms with E-state index in [1.807, 2.05) is 30.5 Å². The highest BCUT2D eigenvalue weighted by Crippen LogP contribution is 2.17. The van der Waals surface area contributed by atoms with Crippen LogP contribution in [0.25, 0.3) is 0 Å². The molecule has 0 unspecified atom stereocenters. The van der Waals surface area contributed by atoms with Gasteiger partial charge in [0.05, 0.1) is 12.1 Å². The van der Waals surface area contributed by atoms with E-state index in [0.29, 0.717) is 5.02 Å². The lowest BCUT2D eigenvalue weighted by Crippen LogP contribution is -1.90. The van der Waals surface area contributed by atoms with E-state index >= 15 is 0 Å². The third kappa shape index (κ3) is 2.74. The van der Waals surface area contributed by atoms with Crippen LogP contribution in [0.1, 0.15) is 11.1 Å². The first kappa shape index (κ1) is 11.0. The lowest BCUT2D eigenvalue weighted by atomic mass is 10.1. The second-order valence-electron chi connectivity index (χ2n) is 3.54. The van der Waals surface area contributed by atoms with Crippen LogP contribution in [0.4, 0.5) is 0 Å². The quantitative estimate of drug-likeness (QED) is 0.811. The van der Waals surface area contributed by atoms with E-state index in [4.69, 9.17) is 16.3 Å². The highest BCUT2D eigenvalue weighted by Gasteiger charge is 1.99. The summed E-state index contributed by atoms with van der Waals surface area (Å²) in [6.07, 6.45) is 4.27. The normalized spacial score (nSPS) is 10.1. The van der Waals surface area contributed by atoms with E-state index in [1.165, 1.54) is 5.56 Å². The zero-order valence-electron chi connectivity index (χ0n) is 8.98. The fourth-order valence-electron chi connectivity index (χ4n) is 1.57. The molecule has 3 heteroatoms. The summed E-state index contributed by atoms with van der Waals surface area (Å²) in [4.78, 5) is 4.06. The summed E-state index contributed by atoms with van der Waals surface area (Å²) in [5, 5.41) is 0.667. The molecule has 2 aromatic rings. The van der Waals surface area contributed by atoms with E-state index in [1.54, 1.807) is 13.3 Å². The molecule has 1 aromatic heterocycles. The second-order valence-corrected chi connectivity index (χ2v) is 3.98. The third-order valence-electron chi connectivity index (χ3n) is 2.30. The summed E-state index contributed by atoms with van der Waals surface area (Å²) < 4.78 is 5.17. The van der Waals surface area contributed by atoms with Gasteiger partial charge in [-0.3, -0.25) is 4.98 Å². The minimum absolute atomic E-state index is 0.667. The largest absolute Gasteiger partial charge is 0.497 e. The van der Waals surface area contributed by atoms with Crippen molar-refractivity contribution in [2.45, 2.75) is 6.42 Å². The zero-order valence-corrected chi connectivity index (χ0v) is 9.74. The van der Waals surface area contributed by atoms with Crippen LogP contribution in [-0.4, -0.2) is 12.1 Å². The Morgan fingerprint density at radius 3 is 2.81 bits per heavy atom. The van der Waals surface area contributed by atoms with Gasteiger partial charge in [0, 0.05) is 12.4 Å². The van der Waals surface area contributed by atoms with Gasteiger partial charge >= 0.3 is 0 Å². The van der Waals surface area contributed by atoms with Crippen LogP contribution in [0.5, 0.6) is 5.75 Å². The minimum atomic E-state index is 0.667. The average Bonchev–Trinajstić information content (AvgIpc) is 2.29. The number of ether oxygens (including phenoxy) is 1. The fourth-order valence-corrected chi connectivity index (χ4v) is 1.77. The van der Waals surface area contributed by atoms with Gasteiger partial charge in [0.15, 0.2) is 0 Å². The van der Waals surface area contributed by atoms with E-state index in [-0.39, 0.29) is 0 Å².